The van der Waals surface area contributed by atoms with Crippen LogP contribution in [0.15, 0.2) is 18.2 Å². The lowest BCUT2D eigenvalue weighted by Gasteiger charge is -2.29. The molecule has 1 aromatic carbocycles. The standard InChI is InChI=1S/C15H21N3O/c1-18-10-15(19)17-13-6-5-11(9-14(13)18)8-12-4-2-3-7-16-12/h5-6,9,12,16H,2-4,7-8,10H2,1H3,(H,17,19). The zero-order valence-corrected chi connectivity index (χ0v) is 11.4. The molecular weight excluding hydrogens is 238 g/mol. The second-order valence-electron chi connectivity index (χ2n) is 5.61. The number of benzene rings is 1. The smallest absolute Gasteiger partial charge is 0.243 e. The zero-order chi connectivity index (χ0) is 13.2. The van der Waals surface area contributed by atoms with E-state index in [9.17, 15) is 4.79 Å². The molecule has 1 aromatic rings. The molecule has 2 N–H and O–H groups in total. The van der Waals surface area contributed by atoms with Gasteiger partial charge in [0.05, 0.1) is 17.9 Å². The monoisotopic (exact) mass is 259 g/mol. The molecule has 3 rings (SSSR count). The maximum atomic E-state index is 11.5. The first kappa shape index (κ1) is 12.5. The minimum Gasteiger partial charge on any atom is -0.364 e. The van der Waals surface area contributed by atoms with Crippen LogP contribution in [0.5, 0.6) is 0 Å². The summed E-state index contributed by atoms with van der Waals surface area (Å²) in [6.07, 6.45) is 4.98. The van der Waals surface area contributed by atoms with Crippen LogP contribution in [0.25, 0.3) is 0 Å². The SMILES string of the molecule is CN1CC(=O)Nc2ccc(CC3CCCCN3)cc21. The van der Waals surface area contributed by atoms with Crippen LogP contribution in [-0.4, -0.2) is 32.1 Å². The number of hydrogen-bond acceptors (Lipinski definition) is 3. The minimum absolute atomic E-state index is 0.0664. The lowest BCUT2D eigenvalue weighted by Crippen LogP contribution is -2.36. The molecule has 1 unspecified atom stereocenters. The van der Waals surface area contributed by atoms with Crippen LogP contribution in [0.2, 0.25) is 0 Å². The van der Waals surface area contributed by atoms with Gasteiger partial charge in [-0.05, 0) is 43.5 Å². The molecule has 2 aliphatic rings. The molecule has 2 heterocycles. The van der Waals surface area contributed by atoms with Gasteiger partial charge >= 0.3 is 0 Å². The van der Waals surface area contributed by atoms with Crippen molar-refractivity contribution in [1.82, 2.24) is 5.32 Å². The van der Waals surface area contributed by atoms with Gasteiger partial charge in [-0.3, -0.25) is 4.79 Å². The molecule has 1 fully saturated rings. The van der Waals surface area contributed by atoms with Gasteiger partial charge < -0.3 is 15.5 Å². The van der Waals surface area contributed by atoms with Gasteiger partial charge in [-0.1, -0.05) is 12.5 Å². The van der Waals surface area contributed by atoms with E-state index in [2.05, 4.69) is 22.8 Å². The molecule has 2 aliphatic heterocycles. The van der Waals surface area contributed by atoms with E-state index in [-0.39, 0.29) is 5.91 Å². The molecule has 1 amide bonds. The van der Waals surface area contributed by atoms with Crippen LogP contribution in [0.4, 0.5) is 11.4 Å². The highest BCUT2D eigenvalue weighted by Gasteiger charge is 2.20. The van der Waals surface area contributed by atoms with Crippen molar-refractivity contribution in [2.75, 3.05) is 30.4 Å². The molecule has 0 spiro atoms. The Morgan fingerprint density at radius 1 is 1.37 bits per heavy atom. The summed E-state index contributed by atoms with van der Waals surface area (Å²) in [5.74, 6) is 0.0664. The summed E-state index contributed by atoms with van der Waals surface area (Å²) in [7, 11) is 1.97. The Labute approximate surface area is 114 Å². The number of nitrogens with zero attached hydrogens (tertiary/aromatic N) is 1. The van der Waals surface area contributed by atoms with E-state index >= 15 is 0 Å². The normalized spacial score (nSPS) is 22.9. The molecule has 0 radical (unpaired) electrons. The Hall–Kier alpha value is -1.55. The van der Waals surface area contributed by atoms with Crippen molar-refractivity contribution in [1.29, 1.82) is 0 Å². The number of carbonyl (C=O) groups is 1. The van der Waals surface area contributed by atoms with E-state index in [4.69, 9.17) is 0 Å². The third-order valence-corrected chi connectivity index (χ3v) is 4.02. The van der Waals surface area contributed by atoms with Crippen molar-refractivity contribution < 1.29 is 4.79 Å². The van der Waals surface area contributed by atoms with Crippen molar-refractivity contribution in [3.8, 4) is 0 Å². The highest BCUT2D eigenvalue weighted by Crippen LogP contribution is 2.30. The Morgan fingerprint density at radius 2 is 2.26 bits per heavy atom. The van der Waals surface area contributed by atoms with E-state index < -0.39 is 0 Å². The quantitative estimate of drug-likeness (QED) is 0.850. The first-order valence-electron chi connectivity index (χ1n) is 7.10. The summed E-state index contributed by atoms with van der Waals surface area (Å²) in [6, 6.07) is 6.98. The largest absolute Gasteiger partial charge is 0.364 e. The highest BCUT2D eigenvalue weighted by atomic mass is 16.2. The predicted molar refractivity (Wildman–Crippen MR) is 77.7 cm³/mol. The fraction of sp³-hybridized carbons (Fsp3) is 0.533. The molecule has 4 nitrogen and oxygen atoms in total. The molecule has 1 saturated heterocycles. The number of carbonyl (C=O) groups excluding carboxylic acids is 1. The molecule has 4 heteroatoms. The van der Waals surface area contributed by atoms with Crippen LogP contribution in [0.1, 0.15) is 24.8 Å². The molecule has 0 aromatic heterocycles. The molecule has 0 saturated carbocycles. The zero-order valence-electron chi connectivity index (χ0n) is 11.4. The molecule has 1 atom stereocenters. The summed E-state index contributed by atoms with van der Waals surface area (Å²) in [6.45, 7) is 1.59. The number of rotatable bonds is 2. The number of amides is 1. The van der Waals surface area contributed by atoms with Crippen molar-refractivity contribution in [3.05, 3.63) is 23.8 Å². The predicted octanol–water partition coefficient (Wildman–Crippen LogP) is 1.76. The molecule has 102 valence electrons. The number of likely N-dealkylation sites (N-methyl/N-ethyl adjacent to an activating group) is 1. The van der Waals surface area contributed by atoms with E-state index in [1.54, 1.807) is 0 Å². The number of piperidine rings is 1. The van der Waals surface area contributed by atoms with Crippen molar-refractivity contribution in [2.24, 2.45) is 0 Å². The third kappa shape index (κ3) is 2.73. The van der Waals surface area contributed by atoms with Gasteiger partial charge in [0.1, 0.15) is 0 Å². The summed E-state index contributed by atoms with van der Waals surface area (Å²) in [4.78, 5) is 13.5. The first-order chi connectivity index (χ1) is 9.22. The van der Waals surface area contributed by atoms with Crippen molar-refractivity contribution >= 4 is 17.3 Å². The van der Waals surface area contributed by atoms with E-state index in [0.29, 0.717) is 12.6 Å². The number of hydrogen-bond donors (Lipinski definition) is 2. The fourth-order valence-corrected chi connectivity index (χ4v) is 3.00. The van der Waals surface area contributed by atoms with Crippen LogP contribution in [-0.2, 0) is 11.2 Å². The Bertz CT molecular complexity index is 480. The van der Waals surface area contributed by atoms with E-state index in [1.807, 2.05) is 18.0 Å². The Morgan fingerprint density at radius 3 is 3.05 bits per heavy atom. The third-order valence-electron chi connectivity index (χ3n) is 4.02. The van der Waals surface area contributed by atoms with Crippen LogP contribution in [0, 0.1) is 0 Å². The molecule has 19 heavy (non-hydrogen) atoms. The molecular formula is C15H21N3O. The van der Waals surface area contributed by atoms with Gasteiger partial charge in [-0.25, -0.2) is 0 Å². The van der Waals surface area contributed by atoms with Crippen molar-refractivity contribution in [2.45, 2.75) is 31.7 Å². The first-order valence-corrected chi connectivity index (χ1v) is 7.10. The fourth-order valence-electron chi connectivity index (χ4n) is 3.00. The van der Waals surface area contributed by atoms with Crippen LogP contribution >= 0.6 is 0 Å². The van der Waals surface area contributed by atoms with Gasteiger partial charge in [0.2, 0.25) is 5.91 Å². The maximum absolute atomic E-state index is 11.5. The lowest BCUT2D eigenvalue weighted by molar-refractivity contribution is -0.115. The summed E-state index contributed by atoms with van der Waals surface area (Å²) in [5, 5.41) is 6.51. The van der Waals surface area contributed by atoms with Gasteiger partial charge in [0.25, 0.3) is 0 Å². The lowest BCUT2D eigenvalue weighted by atomic mass is 9.97. The van der Waals surface area contributed by atoms with Crippen molar-refractivity contribution in [3.63, 3.8) is 0 Å². The van der Waals surface area contributed by atoms with Crippen LogP contribution in [0.3, 0.4) is 0 Å². The topological polar surface area (TPSA) is 44.4 Å². The second kappa shape index (κ2) is 5.21. The van der Waals surface area contributed by atoms with Gasteiger partial charge in [-0.15, -0.1) is 0 Å². The Balaban J connectivity index is 1.77. The average molecular weight is 259 g/mol. The Kier molecular flexibility index (Phi) is 3.42. The average Bonchev–Trinajstić information content (AvgIpc) is 2.40. The minimum atomic E-state index is 0.0664. The number of anilines is 2. The van der Waals surface area contributed by atoms with Gasteiger partial charge in [0, 0.05) is 13.1 Å². The maximum Gasteiger partial charge on any atom is 0.243 e. The van der Waals surface area contributed by atoms with Gasteiger partial charge in [-0.2, -0.15) is 0 Å². The molecule has 0 aliphatic carbocycles. The van der Waals surface area contributed by atoms with E-state index in [1.165, 1.54) is 24.8 Å². The van der Waals surface area contributed by atoms with E-state index in [0.717, 1.165) is 24.3 Å². The molecule has 0 bridgehead atoms. The summed E-state index contributed by atoms with van der Waals surface area (Å²) >= 11 is 0. The number of fused-ring (bicyclic) bond motifs is 1. The second-order valence-corrected chi connectivity index (χ2v) is 5.61. The van der Waals surface area contributed by atoms with Gasteiger partial charge in [0.15, 0.2) is 0 Å². The number of nitrogens with one attached hydrogen (secondary N) is 2. The van der Waals surface area contributed by atoms with Crippen LogP contribution < -0.4 is 15.5 Å². The highest BCUT2D eigenvalue weighted by molar-refractivity contribution is 6.01. The summed E-state index contributed by atoms with van der Waals surface area (Å²) < 4.78 is 0. The summed E-state index contributed by atoms with van der Waals surface area (Å²) in [5.41, 5.74) is 3.41.